The number of para-hydroxylation sites is 1. The fourth-order valence-electron chi connectivity index (χ4n) is 5.02. The standard InChI is InChI=1S/C21H23NO4/c1-21(2,3)19(24)17-16-14-10-25-20(26-14)18(23)15(16)13-9-8-11-6-4-5-7-12(11)22(13)17/h4-9,13-17,20H,10H2,1-3H3/t13-,14+,15-,16+,17+,20-/m1/s1. The average Bonchev–Trinajstić information content (AvgIpc) is 3.19. The second-order valence-corrected chi connectivity index (χ2v) is 8.72. The van der Waals surface area contributed by atoms with Crippen LogP contribution in [0.15, 0.2) is 30.3 Å². The van der Waals surface area contributed by atoms with Crippen molar-refractivity contribution in [3.05, 3.63) is 35.9 Å². The molecule has 0 unspecified atom stereocenters. The Hall–Kier alpha value is -1.98. The SMILES string of the molecule is CC(C)(C)C(=O)[C@@H]1[C@@H]2[C@H](C(=O)[C@@H]3OC[C@@H]2O3)[C@H]2C=Cc3ccccc3N21. The van der Waals surface area contributed by atoms with Crippen LogP contribution in [0.2, 0.25) is 0 Å². The van der Waals surface area contributed by atoms with Crippen LogP contribution in [-0.2, 0) is 19.1 Å². The van der Waals surface area contributed by atoms with Crippen LogP contribution in [0.1, 0.15) is 26.3 Å². The zero-order valence-electron chi connectivity index (χ0n) is 15.2. The fraction of sp³-hybridized carbons (Fsp3) is 0.524. The quantitative estimate of drug-likeness (QED) is 0.776. The highest BCUT2D eigenvalue weighted by atomic mass is 16.7. The van der Waals surface area contributed by atoms with Gasteiger partial charge in [0.25, 0.3) is 0 Å². The van der Waals surface area contributed by atoms with Gasteiger partial charge < -0.3 is 14.4 Å². The molecule has 0 amide bonds. The van der Waals surface area contributed by atoms with Gasteiger partial charge in [-0.25, -0.2) is 0 Å². The molecule has 0 saturated carbocycles. The molecule has 0 aliphatic carbocycles. The van der Waals surface area contributed by atoms with Crippen molar-refractivity contribution < 1.29 is 19.1 Å². The Kier molecular flexibility index (Phi) is 3.29. The predicted molar refractivity (Wildman–Crippen MR) is 96.6 cm³/mol. The number of benzene rings is 1. The molecule has 2 bridgehead atoms. The third kappa shape index (κ3) is 2.04. The van der Waals surface area contributed by atoms with E-state index < -0.39 is 11.7 Å². The highest BCUT2D eigenvalue weighted by Gasteiger charge is 2.64. The summed E-state index contributed by atoms with van der Waals surface area (Å²) in [6, 6.07) is 7.59. The van der Waals surface area contributed by atoms with Crippen molar-refractivity contribution in [1.29, 1.82) is 0 Å². The van der Waals surface area contributed by atoms with Gasteiger partial charge in [-0.3, -0.25) is 9.59 Å². The Morgan fingerprint density at radius 3 is 2.77 bits per heavy atom. The Bertz CT molecular complexity index is 824. The monoisotopic (exact) mass is 353 g/mol. The molecule has 0 N–H and O–H groups in total. The maximum absolute atomic E-state index is 13.5. The van der Waals surface area contributed by atoms with Crippen LogP contribution in [0.5, 0.6) is 0 Å². The van der Waals surface area contributed by atoms with E-state index in [4.69, 9.17) is 9.47 Å². The van der Waals surface area contributed by atoms with Gasteiger partial charge in [-0.2, -0.15) is 0 Å². The minimum Gasteiger partial charge on any atom is -0.353 e. The summed E-state index contributed by atoms with van der Waals surface area (Å²) in [7, 11) is 0. The fourth-order valence-corrected chi connectivity index (χ4v) is 5.02. The molecule has 1 aromatic carbocycles. The number of fused-ring (bicyclic) bond motifs is 8. The zero-order valence-corrected chi connectivity index (χ0v) is 15.2. The van der Waals surface area contributed by atoms with Gasteiger partial charge in [0.1, 0.15) is 0 Å². The lowest BCUT2D eigenvalue weighted by molar-refractivity contribution is -0.164. The summed E-state index contributed by atoms with van der Waals surface area (Å²) in [5.74, 6) is -0.301. The van der Waals surface area contributed by atoms with E-state index in [9.17, 15) is 9.59 Å². The van der Waals surface area contributed by atoms with Crippen molar-refractivity contribution in [2.45, 2.75) is 45.2 Å². The number of carbonyl (C=O) groups is 2. The van der Waals surface area contributed by atoms with E-state index in [-0.39, 0.29) is 41.6 Å². The number of Topliss-reactive ketones (excluding diaryl/α,β-unsaturated/α-hetero) is 2. The third-order valence-corrected chi connectivity index (χ3v) is 6.16. The number of nitrogens with zero attached hydrogens (tertiary/aromatic N) is 1. The average molecular weight is 353 g/mol. The predicted octanol–water partition coefficient (Wildman–Crippen LogP) is 2.44. The normalized spacial score (nSPS) is 37.3. The molecule has 26 heavy (non-hydrogen) atoms. The number of anilines is 1. The van der Waals surface area contributed by atoms with Crippen molar-refractivity contribution in [3.8, 4) is 0 Å². The maximum Gasteiger partial charge on any atom is 0.218 e. The molecule has 4 aliphatic heterocycles. The molecule has 4 aliphatic rings. The number of ketones is 2. The lowest BCUT2D eigenvalue weighted by Crippen LogP contribution is -2.51. The lowest BCUT2D eigenvalue weighted by Gasteiger charge is -2.38. The number of rotatable bonds is 1. The molecule has 0 radical (unpaired) electrons. The van der Waals surface area contributed by atoms with Crippen LogP contribution in [0, 0.1) is 17.3 Å². The molecule has 3 saturated heterocycles. The molecule has 5 nitrogen and oxygen atoms in total. The van der Waals surface area contributed by atoms with E-state index >= 15 is 0 Å². The second-order valence-electron chi connectivity index (χ2n) is 8.72. The number of hydrogen-bond acceptors (Lipinski definition) is 5. The van der Waals surface area contributed by atoms with Crippen molar-refractivity contribution >= 4 is 23.3 Å². The first-order valence-corrected chi connectivity index (χ1v) is 9.28. The van der Waals surface area contributed by atoms with E-state index in [2.05, 4.69) is 23.1 Å². The van der Waals surface area contributed by atoms with Gasteiger partial charge >= 0.3 is 0 Å². The molecule has 0 aromatic heterocycles. The van der Waals surface area contributed by atoms with Crippen molar-refractivity contribution in [1.82, 2.24) is 0 Å². The minimum absolute atomic E-state index is 0.0213. The van der Waals surface area contributed by atoms with Gasteiger partial charge in [-0.15, -0.1) is 0 Å². The highest BCUT2D eigenvalue weighted by molar-refractivity contribution is 5.98. The van der Waals surface area contributed by atoms with Crippen LogP contribution in [-0.4, -0.2) is 42.7 Å². The van der Waals surface area contributed by atoms with Crippen molar-refractivity contribution in [3.63, 3.8) is 0 Å². The van der Waals surface area contributed by atoms with Crippen LogP contribution in [0.3, 0.4) is 0 Å². The van der Waals surface area contributed by atoms with Crippen molar-refractivity contribution in [2.24, 2.45) is 17.3 Å². The van der Waals surface area contributed by atoms with E-state index in [1.165, 1.54) is 0 Å². The van der Waals surface area contributed by atoms with Crippen LogP contribution in [0.25, 0.3) is 6.08 Å². The number of carbonyl (C=O) groups excluding carboxylic acids is 2. The maximum atomic E-state index is 13.5. The summed E-state index contributed by atoms with van der Waals surface area (Å²) < 4.78 is 11.4. The van der Waals surface area contributed by atoms with Gasteiger partial charge in [0.2, 0.25) is 6.29 Å². The van der Waals surface area contributed by atoms with Crippen molar-refractivity contribution in [2.75, 3.05) is 11.5 Å². The van der Waals surface area contributed by atoms with E-state index in [0.29, 0.717) is 6.61 Å². The van der Waals surface area contributed by atoms with Crippen LogP contribution >= 0.6 is 0 Å². The van der Waals surface area contributed by atoms with Gasteiger partial charge in [0.05, 0.1) is 30.7 Å². The van der Waals surface area contributed by atoms with Gasteiger partial charge in [0, 0.05) is 17.0 Å². The topological polar surface area (TPSA) is 55.8 Å². The molecular weight excluding hydrogens is 330 g/mol. The van der Waals surface area contributed by atoms with E-state index in [1.54, 1.807) is 0 Å². The first-order chi connectivity index (χ1) is 12.4. The molecule has 5 rings (SSSR count). The molecule has 6 atom stereocenters. The number of ether oxygens (including phenoxy) is 2. The summed E-state index contributed by atoms with van der Waals surface area (Å²) in [6.45, 7) is 6.23. The molecule has 1 aromatic rings. The first kappa shape index (κ1) is 16.2. The molecule has 5 heteroatoms. The van der Waals surface area contributed by atoms with E-state index in [0.717, 1.165) is 11.3 Å². The molecule has 136 valence electrons. The number of hydrogen-bond donors (Lipinski definition) is 0. The molecule has 0 spiro atoms. The Labute approximate surface area is 153 Å². The Morgan fingerprint density at radius 1 is 1.23 bits per heavy atom. The van der Waals surface area contributed by atoms with Gasteiger partial charge in [-0.1, -0.05) is 51.1 Å². The smallest absolute Gasteiger partial charge is 0.218 e. The second kappa shape index (κ2) is 5.27. The summed E-state index contributed by atoms with van der Waals surface area (Å²) in [4.78, 5) is 28.7. The summed E-state index contributed by atoms with van der Waals surface area (Å²) >= 11 is 0. The van der Waals surface area contributed by atoms with E-state index in [1.807, 2.05) is 39.0 Å². The summed E-state index contributed by atoms with van der Waals surface area (Å²) in [6.07, 6.45) is 3.18. The zero-order chi connectivity index (χ0) is 18.2. The summed E-state index contributed by atoms with van der Waals surface area (Å²) in [5.41, 5.74) is 1.62. The third-order valence-electron chi connectivity index (χ3n) is 6.16. The lowest BCUT2D eigenvalue weighted by atomic mass is 9.74. The van der Waals surface area contributed by atoms with Gasteiger partial charge in [-0.05, 0) is 11.6 Å². The largest absolute Gasteiger partial charge is 0.353 e. The molecule has 4 heterocycles. The Morgan fingerprint density at radius 2 is 2.00 bits per heavy atom. The van der Waals surface area contributed by atoms with Crippen LogP contribution in [0.4, 0.5) is 5.69 Å². The summed E-state index contributed by atoms with van der Waals surface area (Å²) in [5, 5.41) is 0. The minimum atomic E-state index is -0.767. The first-order valence-electron chi connectivity index (χ1n) is 9.28. The highest BCUT2D eigenvalue weighted by Crippen LogP contribution is 2.51. The van der Waals surface area contributed by atoms with Gasteiger partial charge in [0.15, 0.2) is 11.6 Å². The Balaban J connectivity index is 1.69. The van der Waals surface area contributed by atoms with Crippen LogP contribution < -0.4 is 4.90 Å². The molecular formula is C21H23NO4. The molecule has 3 fully saturated rings.